The lowest BCUT2D eigenvalue weighted by molar-refractivity contribution is 0.550. The van der Waals surface area contributed by atoms with Gasteiger partial charge in [-0.25, -0.2) is 0 Å². The summed E-state index contributed by atoms with van der Waals surface area (Å²) in [7, 11) is 2.01. The van der Waals surface area contributed by atoms with Crippen LogP contribution in [0.4, 0.5) is 0 Å². The van der Waals surface area contributed by atoms with E-state index in [0.29, 0.717) is 0 Å². The minimum Gasteiger partial charge on any atom is -0.366 e. The van der Waals surface area contributed by atoms with Crippen LogP contribution in [-0.4, -0.2) is 31.4 Å². The minimum atomic E-state index is 0.879. The van der Waals surface area contributed by atoms with Crippen molar-refractivity contribution >= 4 is 6.34 Å². The third-order valence-corrected chi connectivity index (χ3v) is 0.960. The Kier molecular flexibility index (Phi) is 13.7. The van der Waals surface area contributed by atoms with Gasteiger partial charge in [-0.2, -0.15) is 0 Å². The molecule has 62 valence electrons. The van der Waals surface area contributed by atoms with Crippen molar-refractivity contribution in [1.82, 2.24) is 4.90 Å². The lowest BCUT2D eigenvalue weighted by atomic mass is 10.7. The SMILES string of the molecule is CC.CCN=CN(C)CC. The summed E-state index contributed by atoms with van der Waals surface area (Å²) < 4.78 is 0. The van der Waals surface area contributed by atoms with Crippen LogP contribution in [0.5, 0.6) is 0 Å². The van der Waals surface area contributed by atoms with E-state index in [1.54, 1.807) is 0 Å². The molecule has 0 heterocycles. The van der Waals surface area contributed by atoms with Gasteiger partial charge in [0.15, 0.2) is 0 Å². The molecule has 0 amide bonds. The summed E-state index contributed by atoms with van der Waals surface area (Å²) in [6, 6.07) is 0. The molecule has 0 atom stereocenters. The van der Waals surface area contributed by atoms with Crippen molar-refractivity contribution in [1.29, 1.82) is 0 Å². The molecule has 0 bridgehead atoms. The van der Waals surface area contributed by atoms with Crippen LogP contribution in [0.3, 0.4) is 0 Å². The Hall–Kier alpha value is -0.530. The molecule has 0 aromatic carbocycles. The van der Waals surface area contributed by atoms with Crippen LogP contribution in [0.25, 0.3) is 0 Å². The molecular weight excluding hydrogens is 124 g/mol. The first kappa shape index (κ1) is 12.2. The van der Waals surface area contributed by atoms with Crippen LogP contribution in [0.1, 0.15) is 27.7 Å². The number of nitrogens with zero attached hydrogens (tertiary/aromatic N) is 2. The standard InChI is InChI=1S/C6H14N2.C2H6/c1-4-7-6-8(3)5-2;1-2/h6H,4-5H2,1-3H3;1-2H3. The van der Waals surface area contributed by atoms with E-state index in [9.17, 15) is 0 Å². The number of rotatable bonds is 3. The molecule has 0 N–H and O–H groups in total. The van der Waals surface area contributed by atoms with Crippen molar-refractivity contribution < 1.29 is 0 Å². The molecule has 0 fully saturated rings. The summed E-state index contributed by atoms with van der Waals surface area (Å²) in [6.07, 6.45) is 1.86. The number of hydrogen-bond donors (Lipinski definition) is 0. The fourth-order valence-electron chi connectivity index (χ4n) is 0.303. The lowest BCUT2D eigenvalue weighted by Crippen LogP contribution is -2.14. The highest BCUT2D eigenvalue weighted by molar-refractivity contribution is 5.54. The van der Waals surface area contributed by atoms with Gasteiger partial charge >= 0.3 is 0 Å². The Morgan fingerprint density at radius 2 is 1.80 bits per heavy atom. The van der Waals surface area contributed by atoms with Crippen molar-refractivity contribution in [2.75, 3.05) is 20.1 Å². The second-order valence-corrected chi connectivity index (χ2v) is 1.69. The van der Waals surface area contributed by atoms with Crippen LogP contribution in [-0.2, 0) is 0 Å². The van der Waals surface area contributed by atoms with Gasteiger partial charge in [0.2, 0.25) is 0 Å². The lowest BCUT2D eigenvalue weighted by Gasteiger charge is -2.06. The Morgan fingerprint density at radius 3 is 2.10 bits per heavy atom. The molecule has 0 radical (unpaired) electrons. The summed E-state index contributed by atoms with van der Waals surface area (Å²) >= 11 is 0. The first-order chi connectivity index (χ1) is 4.81. The van der Waals surface area contributed by atoms with Crippen molar-refractivity contribution in [3.05, 3.63) is 0 Å². The molecule has 0 aliphatic carbocycles. The van der Waals surface area contributed by atoms with Gasteiger partial charge in [-0.1, -0.05) is 13.8 Å². The van der Waals surface area contributed by atoms with Gasteiger partial charge in [-0.3, -0.25) is 4.99 Å². The minimum absolute atomic E-state index is 0.879. The zero-order valence-electron chi connectivity index (χ0n) is 7.89. The Balaban J connectivity index is 0. The highest BCUT2D eigenvalue weighted by Crippen LogP contribution is 1.73. The van der Waals surface area contributed by atoms with Gasteiger partial charge in [-0.15, -0.1) is 0 Å². The maximum Gasteiger partial charge on any atom is 0.0846 e. The topological polar surface area (TPSA) is 15.6 Å². The molecule has 0 spiro atoms. The van der Waals surface area contributed by atoms with E-state index in [1.807, 2.05) is 39.1 Å². The summed E-state index contributed by atoms with van der Waals surface area (Å²) in [5.74, 6) is 0. The van der Waals surface area contributed by atoms with E-state index >= 15 is 0 Å². The van der Waals surface area contributed by atoms with Gasteiger partial charge in [0.05, 0.1) is 6.34 Å². The summed E-state index contributed by atoms with van der Waals surface area (Å²) in [5.41, 5.74) is 0. The molecule has 0 unspecified atom stereocenters. The summed E-state index contributed by atoms with van der Waals surface area (Å²) in [4.78, 5) is 6.09. The third-order valence-electron chi connectivity index (χ3n) is 0.960. The van der Waals surface area contributed by atoms with E-state index < -0.39 is 0 Å². The Bertz CT molecular complexity index is 69.7. The summed E-state index contributed by atoms with van der Waals surface area (Å²) in [5, 5.41) is 0. The molecular formula is C8H20N2. The zero-order chi connectivity index (χ0) is 8.41. The first-order valence-corrected chi connectivity index (χ1v) is 4.01. The van der Waals surface area contributed by atoms with Crippen molar-refractivity contribution in [3.8, 4) is 0 Å². The molecule has 2 nitrogen and oxygen atoms in total. The predicted octanol–water partition coefficient (Wildman–Crippen LogP) is 2.01. The first-order valence-electron chi connectivity index (χ1n) is 4.01. The molecule has 0 aliphatic rings. The van der Waals surface area contributed by atoms with E-state index in [-0.39, 0.29) is 0 Å². The van der Waals surface area contributed by atoms with Crippen molar-refractivity contribution in [2.45, 2.75) is 27.7 Å². The van der Waals surface area contributed by atoms with E-state index in [4.69, 9.17) is 0 Å². The monoisotopic (exact) mass is 144 g/mol. The molecule has 0 saturated carbocycles. The second-order valence-electron chi connectivity index (χ2n) is 1.69. The van der Waals surface area contributed by atoms with Gasteiger partial charge in [-0.05, 0) is 13.8 Å². The van der Waals surface area contributed by atoms with E-state index in [2.05, 4.69) is 11.9 Å². The van der Waals surface area contributed by atoms with E-state index in [0.717, 1.165) is 13.1 Å². The van der Waals surface area contributed by atoms with Gasteiger partial charge in [0, 0.05) is 20.1 Å². The molecule has 0 aromatic heterocycles. The maximum atomic E-state index is 4.04. The molecule has 0 rings (SSSR count). The fraction of sp³-hybridized carbons (Fsp3) is 0.875. The van der Waals surface area contributed by atoms with Crippen LogP contribution in [0.2, 0.25) is 0 Å². The molecule has 0 aliphatic heterocycles. The van der Waals surface area contributed by atoms with Crippen molar-refractivity contribution in [2.24, 2.45) is 4.99 Å². The predicted molar refractivity (Wildman–Crippen MR) is 48.7 cm³/mol. The normalized spacial score (nSPS) is 8.90. The second kappa shape index (κ2) is 11.3. The molecule has 2 heteroatoms. The maximum absolute atomic E-state index is 4.04. The Labute approximate surface area is 65.0 Å². The van der Waals surface area contributed by atoms with E-state index in [1.165, 1.54) is 0 Å². The number of aliphatic imine (C=N–C) groups is 1. The summed E-state index contributed by atoms with van der Waals surface area (Å²) in [6.45, 7) is 10.0. The van der Waals surface area contributed by atoms with Crippen LogP contribution < -0.4 is 0 Å². The number of hydrogen-bond acceptors (Lipinski definition) is 1. The molecule has 0 saturated heterocycles. The van der Waals surface area contributed by atoms with Gasteiger partial charge < -0.3 is 4.90 Å². The average molecular weight is 144 g/mol. The highest BCUT2D eigenvalue weighted by Gasteiger charge is 1.79. The third kappa shape index (κ3) is 10.5. The van der Waals surface area contributed by atoms with Crippen LogP contribution in [0, 0.1) is 0 Å². The van der Waals surface area contributed by atoms with Crippen LogP contribution >= 0.6 is 0 Å². The van der Waals surface area contributed by atoms with Crippen molar-refractivity contribution in [3.63, 3.8) is 0 Å². The molecule has 0 aromatic rings. The quantitative estimate of drug-likeness (QED) is 0.437. The van der Waals surface area contributed by atoms with Gasteiger partial charge in [0.25, 0.3) is 0 Å². The zero-order valence-corrected chi connectivity index (χ0v) is 7.89. The average Bonchev–Trinajstić information content (AvgIpc) is 2.04. The smallest absolute Gasteiger partial charge is 0.0846 e. The molecule has 10 heavy (non-hydrogen) atoms. The highest BCUT2D eigenvalue weighted by atomic mass is 15.1. The fourth-order valence-corrected chi connectivity index (χ4v) is 0.303. The van der Waals surface area contributed by atoms with Gasteiger partial charge in [0.1, 0.15) is 0 Å². The van der Waals surface area contributed by atoms with Crippen LogP contribution in [0.15, 0.2) is 4.99 Å². The largest absolute Gasteiger partial charge is 0.366 e. The Morgan fingerprint density at radius 1 is 1.30 bits per heavy atom.